The summed E-state index contributed by atoms with van der Waals surface area (Å²) >= 11 is 0. The minimum atomic E-state index is 0.193. The largest absolute Gasteiger partial charge is 0.385 e. The van der Waals surface area contributed by atoms with Gasteiger partial charge in [-0.3, -0.25) is 4.79 Å². The molecule has 0 radical (unpaired) electrons. The average molecular weight is 255 g/mol. The van der Waals surface area contributed by atoms with Gasteiger partial charge in [0, 0.05) is 26.2 Å². The smallest absolute Gasteiger partial charge is 0.149 e. The van der Waals surface area contributed by atoms with Crippen LogP contribution in [0.15, 0.2) is 0 Å². The fraction of sp³-hybridized carbons (Fsp3) is 0.933. The Hall–Kier alpha value is -0.410. The molecular weight excluding hydrogens is 226 g/mol. The quantitative estimate of drug-likeness (QED) is 0.839. The average Bonchev–Trinajstić information content (AvgIpc) is 2.83. The third kappa shape index (κ3) is 4.69. The molecule has 2 fully saturated rings. The molecule has 3 unspecified atom stereocenters. The van der Waals surface area contributed by atoms with Gasteiger partial charge < -0.3 is 10.1 Å². The van der Waals surface area contributed by atoms with Gasteiger partial charge in [-0.05, 0) is 31.6 Å². The Balaban J connectivity index is 0.000000280. The van der Waals surface area contributed by atoms with Gasteiger partial charge in [0.15, 0.2) is 0 Å². The molecule has 1 aliphatic heterocycles. The number of Topliss-reactive ketones (excluding diaryl/α,β-unsaturated/α-hetero) is 1. The number of ketones is 1. The minimum Gasteiger partial charge on any atom is -0.385 e. The lowest BCUT2D eigenvalue weighted by Gasteiger charge is -2.24. The molecule has 1 aliphatic carbocycles. The maximum atomic E-state index is 11.5. The standard InChI is InChI=1S/C11H19NO.C4H10O/c1-2-11(13)10-7-8-5-3-4-6-9(8)12-10;1-3-4-5-2/h8-10,12H,2-7H2,1H3;3-4H2,1-2H3. The van der Waals surface area contributed by atoms with E-state index in [1.54, 1.807) is 7.11 Å². The summed E-state index contributed by atoms with van der Waals surface area (Å²) in [4.78, 5) is 11.5. The molecule has 18 heavy (non-hydrogen) atoms. The number of nitrogens with one attached hydrogen (secondary N) is 1. The summed E-state index contributed by atoms with van der Waals surface area (Å²) < 4.78 is 4.69. The van der Waals surface area contributed by atoms with E-state index in [4.69, 9.17) is 4.74 Å². The predicted molar refractivity (Wildman–Crippen MR) is 74.8 cm³/mol. The second kappa shape index (κ2) is 8.65. The SMILES string of the molecule is CCC(=O)C1CC2CCCCC2N1.CCCOC. The summed E-state index contributed by atoms with van der Waals surface area (Å²) in [6.45, 7) is 4.94. The third-order valence-corrected chi connectivity index (χ3v) is 4.01. The maximum Gasteiger partial charge on any atom is 0.149 e. The Labute approximate surface area is 112 Å². The molecule has 0 aromatic rings. The van der Waals surface area contributed by atoms with Gasteiger partial charge in [-0.15, -0.1) is 0 Å². The second-order valence-corrected chi connectivity index (χ2v) is 5.42. The van der Waals surface area contributed by atoms with Gasteiger partial charge in [-0.1, -0.05) is 26.7 Å². The van der Waals surface area contributed by atoms with Crippen molar-refractivity contribution >= 4 is 5.78 Å². The second-order valence-electron chi connectivity index (χ2n) is 5.42. The zero-order chi connectivity index (χ0) is 13.4. The molecule has 0 spiro atoms. The van der Waals surface area contributed by atoms with E-state index < -0.39 is 0 Å². The van der Waals surface area contributed by atoms with E-state index in [9.17, 15) is 4.79 Å². The summed E-state index contributed by atoms with van der Waals surface area (Å²) in [6, 6.07) is 0.854. The maximum absolute atomic E-state index is 11.5. The van der Waals surface area contributed by atoms with Crippen LogP contribution in [0.2, 0.25) is 0 Å². The summed E-state index contributed by atoms with van der Waals surface area (Å²) in [5.74, 6) is 1.21. The van der Waals surface area contributed by atoms with E-state index in [1.165, 1.54) is 25.7 Å². The molecular formula is C15H29NO2. The summed E-state index contributed by atoms with van der Waals surface area (Å²) in [6.07, 6.45) is 8.27. The number of hydrogen-bond acceptors (Lipinski definition) is 3. The van der Waals surface area contributed by atoms with E-state index in [2.05, 4.69) is 12.2 Å². The van der Waals surface area contributed by atoms with Gasteiger partial charge in [-0.2, -0.15) is 0 Å². The van der Waals surface area contributed by atoms with E-state index >= 15 is 0 Å². The lowest BCUT2D eigenvalue weighted by molar-refractivity contribution is -0.120. The molecule has 2 rings (SSSR count). The highest BCUT2D eigenvalue weighted by Gasteiger charge is 2.37. The molecule has 106 valence electrons. The Bertz CT molecular complexity index is 227. The normalized spacial score (nSPS) is 30.3. The first-order chi connectivity index (χ1) is 8.72. The highest BCUT2D eigenvalue weighted by Crippen LogP contribution is 2.33. The molecule has 3 atom stereocenters. The van der Waals surface area contributed by atoms with Gasteiger partial charge in [0.2, 0.25) is 0 Å². The van der Waals surface area contributed by atoms with Crippen molar-refractivity contribution in [3.63, 3.8) is 0 Å². The predicted octanol–water partition coefficient (Wildman–Crippen LogP) is 2.93. The van der Waals surface area contributed by atoms with Gasteiger partial charge in [0.1, 0.15) is 5.78 Å². The number of fused-ring (bicyclic) bond motifs is 1. The molecule has 1 heterocycles. The van der Waals surface area contributed by atoms with Crippen LogP contribution < -0.4 is 5.32 Å². The van der Waals surface area contributed by atoms with Crippen molar-refractivity contribution in [3.8, 4) is 0 Å². The number of hydrogen-bond donors (Lipinski definition) is 1. The van der Waals surface area contributed by atoms with E-state index in [-0.39, 0.29) is 6.04 Å². The molecule has 0 amide bonds. The zero-order valence-corrected chi connectivity index (χ0v) is 12.2. The van der Waals surface area contributed by atoms with E-state index in [0.717, 1.165) is 25.4 Å². The van der Waals surface area contributed by atoms with Crippen LogP contribution in [0.5, 0.6) is 0 Å². The Kier molecular flexibility index (Phi) is 7.52. The Morgan fingerprint density at radius 3 is 2.50 bits per heavy atom. The molecule has 1 N–H and O–H groups in total. The van der Waals surface area contributed by atoms with Crippen LogP contribution in [0.4, 0.5) is 0 Å². The number of carbonyl (C=O) groups excluding carboxylic acids is 1. The van der Waals surface area contributed by atoms with Gasteiger partial charge in [0.05, 0.1) is 6.04 Å². The van der Waals surface area contributed by atoms with Crippen LogP contribution in [0.3, 0.4) is 0 Å². The van der Waals surface area contributed by atoms with Gasteiger partial charge >= 0.3 is 0 Å². The van der Waals surface area contributed by atoms with Crippen molar-refractivity contribution in [1.29, 1.82) is 0 Å². The molecule has 3 nitrogen and oxygen atoms in total. The number of rotatable bonds is 4. The molecule has 1 saturated carbocycles. The fourth-order valence-corrected chi connectivity index (χ4v) is 3.01. The van der Waals surface area contributed by atoms with Crippen LogP contribution in [-0.2, 0) is 9.53 Å². The lowest BCUT2D eigenvalue weighted by Crippen LogP contribution is -2.36. The molecule has 0 bridgehead atoms. The molecule has 1 saturated heterocycles. The highest BCUT2D eigenvalue weighted by molar-refractivity contribution is 5.84. The number of methoxy groups -OCH3 is 1. The molecule has 0 aromatic carbocycles. The van der Waals surface area contributed by atoms with Crippen LogP contribution in [0.1, 0.15) is 58.8 Å². The zero-order valence-electron chi connectivity index (χ0n) is 12.2. The molecule has 3 heteroatoms. The Morgan fingerprint density at radius 1 is 1.28 bits per heavy atom. The lowest BCUT2D eigenvalue weighted by atomic mass is 9.85. The fourth-order valence-electron chi connectivity index (χ4n) is 3.01. The first-order valence-corrected chi connectivity index (χ1v) is 7.50. The van der Waals surface area contributed by atoms with Crippen molar-refractivity contribution in [1.82, 2.24) is 5.32 Å². The van der Waals surface area contributed by atoms with Crippen LogP contribution in [-0.4, -0.2) is 31.6 Å². The summed E-state index contributed by atoms with van der Waals surface area (Å²) in [7, 11) is 1.71. The highest BCUT2D eigenvalue weighted by atomic mass is 16.5. The van der Waals surface area contributed by atoms with Crippen molar-refractivity contribution in [2.24, 2.45) is 5.92 Å². The Morgan fingerprint density at radius 2 is 2.00 bits per heavy atom. The summed E-state index contributed by atoms with van der Waals surface area (Å²) in [5.41, 5.74) is 0. The van der Waals surface area contributed by atoms with Crippen LogP contribution in [0, 0.1) is 5.92 Å². The first kappa shape index (κ1) is 15.6. The van der Waals surface area contributed by atoms with Crippen LogP contribution >= 0.6 is 0 Å². The minimum absolute atomic E-state index is 0.193. The monoisotopic (exact) mass is 255 g/mol. The molecule has 2 aliphatic rings. The van der Waals surface area contributed by atoms with Crippen molar-refractivity contribution in [2.75, 3.05) is 13.7 Å². The molecule has 0 aromatic heterocycles. The van der Waals surface area contributed by atoms with Crippen molar-refractivity contribution < 1.29 is 9.53 Å². The van der Waals surface area contributed by atoms with Crippen molar-refractivity contribution in [3.05, 3.63) is 0 Å². The summed E-state index contributed by atoms with van der Waals surface area (Å²) in [5, 5.41) is 3.49. The van der Waals surface area contributed by atoms with Crippen LogP contribution in [0.25, 0.3) is 0 Å². The van der Waals surface area contributed by atoms with E-state index in [0.29, 0.717) is 18.2 Å². The third-order valence-electron chi connectivity index (χ3n) is 4.01. The topological polar surface area (TPSA) is 38.3 Å². The number of ether oxygens (including phenoxy) is 1. The number of carbonyl (C=O) groups is 1. The van der Waals surface area contributed by atoms with E-state index in [1.807, 2.05) is 6.92 Å². The van der Waals surface area contributed by atoms with Gasteiger partial charge in [-0.25, -0.2) is 0 Å². The van der Waals surface area contributed by atoms with Gasteiger partial charge in [0.25, 0.3) is 0 Å². The first-order valence-electron chi connectivity index (χ1n) is 7.50. The van der Waals surface area contributed by atoms with Crippen molar-refractivity contribution in [2.45, 2.75) is 70.9 Å².